The van der Waals surface area contributed by atoms with Crippen LogP contribution in [0.2, 0.25) is 0 Å². The van der Waals surface area contributed by atoms with Gasteiger partial charge in [0.1, 0.15) is 11.5 Å². The molecule has 2 N–H and O–H groups in total. The lowest BCUT2D eigenvalue weighted by molar-refractivity contribution is -0.115. The van der Waals surface area contributed by atoms with Crippen LogP contribution in [-0.2, 0) is 4.79 Å². The van der Waals surface area contributed by atoms with Gasteiger partial charge in [0.25, 0.3) is 0 Å². The van der Waals surface area contributed by atoms with E-state index in [2.05, 4.69) is 15.4 Å². The second-order valence-corrected chi connectivity index (χ2v) is 3.97. The summed E-state index contributed by atoms with van der Waals surface area (Å²) in [5.74, 6) is -0.0149. The van der Waals surface area contributed by atoms with Gasteiger partial charge in [-0.25, -0.2) is 0 Å². The zero-order chi connectivity index (χ0) is 15.0. The van der Waals surface area contributed by atoms with Crippen LogP contribution in [0.1, 0.15) is 13.3 Å². The largest absolute Gasteiger partial charge is 0.497 e. The minimum absolute atomic E-state index is 0.0964. The molecule has 112 valence electrons. The van der Waals surface area contributed by atoms with Crippen molar-refractivity contribution in [2.45, 2.75) is 20.0 Å². The SMILES string of the molecule is CCCNCC(=O)Nc1cc(OC)ccc1OC(F)F. The molecule has 1 aromatic carbocycles. The van der Waals surface area contributed by atoms with Crippen molar-refractivity contribution in [2.75, 3.05) is 25.5 Å². The summed E-state index contributed by atoms with van der Waals surface area (Å²) in [7, 11) is 1.44. The molecule has 20 heavy (non-hydrogen) atoms. The van der Waals surface area contributed by atoms with Gasteiger partial charge in [-0.1, -0.05) is 6.92 Å². The van der Waals surface area contributed by atoms with Crippen LogP contribution in [0.25, 0.3) is 0 Å². The lowest BCUT2D eigenvalue weighted by Gasteiger charge is -2.13. The van der Waals surface area contributed by atoms with Crippen molar-refractivity contribution in [1.29, 1.82) is 0 Å². The molecular formula is C13H18F2N2O3. The molecule has 1 aromatic rings. The van der Waals surface area contributed by atoms with Crippen molar-refractivity contribution in [2.24, 2.45) is 0 Å². The monoisotopic (exact) mass is 288 g/mol. The Labute approximate surface area is 116 Å². The van der Waals surface area contributed by atoms with Gasteiger partial charge in [-0.05, 0) is 25.1 Å². The van der Waals surface area contributed by atoms with E-state index >= 15 is 0 Å². The van der Waals surface area contributed by atoms with Crippen LogP contribution >= 0.6 is 0 Å². The molecule has 0 spiro atoms. The van der Waals surface area contributed by atoms with E-state index in [-0.39, 0.29) is 23.9 Å². The van der Waals surface area contributed by atoms with Crippen LogP contribution in [0, 0.1) is 0 Å². The molecule has 0 aliphatic carbocycles. The Morgan fingerprint density at radius 3 is 2.75 bits per heavy atom. The van der Waals surface area contributed by atoms with Crippen molar-refractivity contribution in [3.63, 3.8) is 0 Å². The molecule has 0 aliphatic heterocycles. The van der Waals surface area contributed by atoms with E-state index in [4.69, 9.17) is 4.74 Å². The number of hydrogen-bond donors (Lipinski definition) is 2. The quantitative estimate of drug-likeness (QED) is 0.720. The van der Waals surface area contributed by atoms with E-state index in [1.165, 1.54) is 25.3 Å². The number of carbonyl (C=O) groups excluding carboxylic acids is 1. The molecule has 5 nitrogen and oxygen atoms in total. The summed E-state index contributed by atoms with van der Waals surface area (Å²) in [6, 6.07) is 4.22. The van der Waals surface area contributed by atoms with Gasteiger partial charge in [0.2, 0.25) is 5.91 Å². The summed E-state index contributed by atoms with van der Waals surface area (Å²) in [6.45, 7) is -0.190. The summed E-state index contributed by atoms with van der Waals surface area (Å²) in [5.41, 5.74) is 0.146. The van der Waals surface area contributed by atoms with E-state index in [9.17, 15) is 13.6 Å². The van der Waals surface area contributed by atoms with Gasteiger partial charge in [0.15, 0.2) is 0 Å². The molecule has 0 aliphatic rings. The average Bonchev–Trinajstić information content (AvgIpc) is 2.40. The van der Waals surface area contributed by atoms with Crippen LogP contribution in [-0.4, -0.2) is 32.7 Å². The van der Waals surface area contributed by atoms with Crippen LogP contribution in [0.5, 0.6) is 11.5 Å². The maximum atomic E-state index is 12.3. The first-order chi connectivity index (χ1) is 9.56. The van der Waals surface area contributed by atoms with E-state index in [1.54, 1.807) is 0 Å². The number of hydrogen-bond acceptors (Lipinski definition) is 4. The van der Waals surface area contributed by atoms with Gasteiger partial charge in [0.05, 0.1) is 19.3 Å². The van der Waals surface area contributed by atoms with Gasteiger partial charge in [-0.2, -0.15) is 8.78 Å². The van der Waals surface area contributed by atoms with Gasteiger partial charge in [-0.3, -0.25) is 4.79 Å². The first-order valence-electron chi connectivity index (χ1n) is 6.20. The topological polar surface area (TPSA) is 59.6 Å². The normalized spacial score (nSPS) is 10.4. The highest BCUT2D eigenvalue weighted by Crippen LogP contribution is 2.30. The number of benzene rings is 1. The lowest BCUT2D eigenvalue weighted by Crippen LogP contribution is -2.28. The molecule has 1 amide bonds. The third-order valence-electron chi connectivity index (χ3n) is 2.39. The maximum Gasteiger partial charge on any atom is 0.387 e. The van der Waals surface area contributed by atoms with E-state index in [1.807, 2.05) is 6.92 Å². The standard InChI is InChI=1S/C13H18F2N2O3/c1-3-6-16-8-12(18)17-10-7-9(19-2)4-5-11(10)20-13(14)15/h4-5,7,13,16H,3,6,8H2,1-2H3,(H,17,18). The van der Waals surface area contributed by atoms with Crippen LogP contribution < -0.4 is 20.1 Å². The molecule has 0 saturated carbocycles. The maximum absolute atomic E-state index is 12.3. The van der Waals surface area contributed by atoms with Crippen molar-refractivity contribution in [3.8, 4) is 11.5 Å². The fourth-order valence-electron chi connectivity index (χ4n) is 1.51. The Morgan fingerprint density at radius 1 is 1.40 bits per heavy atom. The number of anilines is 1. The third kappa shape index (κ3) is 5.40. The molecule has 0 aromatic heterocycles. The minimum Gasteiger partial charge on any atom is -0.497 e. The first-order valence-corrected chi connectivity index (χ1v) is 6.20. The van der Waals surface area contributed by atoms with Gasteiger partial charge < -0.3 is 20.1 Å². The molecule has 7 heteroatoms. The molecule has 0 bridgehead atoms. The fraction of sp³-hybridized carbons (Fsp3) is 0.462. The number of nitrogens with one attached hydrogen (secondary N) is 2. The zero-order valence-corrected chi connectivity index (χ0v) is 11.4. The van der Waals surface area contributed by atoms with Gasteiger partial charge in [0, 0.05) is 6.07 Å². The van der Waals surface area contributed by atoms with Gasteiger partial charge >= 0.3 is 6.61 Å². The Hall–Kier alpha value is -1.89. The number of alkyl halides is 2. The van der Waals surface area contributed by atoms with Crippen molar-refractivity contribution >= 4 is 11.6 Å². The number of rotatable bonds is 8. The molecule has 0 fully saturated rings. The number of methoxy groups -OCH3 is 1. The fourth-order valence-corrected chi connectivity index (χ4v) is 1.51. The van der Waals surface area contributed by atoms with Crippen LogP contribution in [0.15, 0.2) is 18.2 Å². The molecule has 0 unspecified atom stereocenters. The predicted octanol–water partition coefficient (Wildman–Crippen LogP) is 2.23. The summed E-state index contributed by atoms with van der Waals surface area (Å²) >= 11 is 0. The highest BCUT2D eigenvalue weighted by Gasteiger charge is 2.13. The van der Waals surface area contributed by atoms with Crippen LogP contribution in [0.4, 0.5) is 14.5 Å². The summed E-state index contributed by atoms with van der Waals surface area (Å²) in [6.07, 6.45) is 0.895. The smallest absolute Gasteiger partial charge is 0.387 e. The molecule has 1 rings (SSSR count). The Morgan fingerprint density at radius 2 is 2.15 bits per heavy atom. The number of amides is 1. The van der Waals surface area contributed by atoms with E-state index in [0.717, 1.165) is 6.42 Å². The Bertz CT molecular complexity index is 442. The molecule has 0 saturated heterocycles. The number of halogens is 2. The van der Waals surface area contributed by atoms with E-state index < -0.39 is 6.61 Å². The minimum atomic E-state index is -2.96. The molecule has 0 atom stereocenters. The average molecular weight is 288 g/mol. The summed E-state index contributed by atoms with van der Waals surface area (Å²) in [4.78, 5) is 11.7. The zero-order valence-electron chi connectivity index (χ0n) is 11.4. The Kier molecular flexibility index (Phi) is 6.72. The highest BCUT2D eigenvalue weighted by molar-refractivity contribution is 5.93. The van der Waals surface area contributed by atoms with Crippen LogP contribution in [0.3, 0.4) is 0 Å². The number of ether oxygens (including phenoxy) is 2. The first kappa shape index (κ1) is 16.2. The summed E-state index contributed by atoms with van der Waals surface area (Å²) < 4.78 is 33.9. The van der Waals surface area contributed by atoms with Crippen molar-refractivity contribution in [1.82, 2.24) is 5.32 Å². The summed E-state index contributed by atoms with van der Waals surface area (Å²) in [5, 5.41) is 5.42. The molecular weight excluding hydrogens is 270 g/mol. The molecule has 0 heterocycles. The van der Waals surface area contributed by atoms with Crippen molar-refractivity contribution < 1.29 is 23.0 Å². The highest BCUT2D eigenvalue weighted by atomic mass is 19.3. The number of carbonyl (C=O) groups is 1. The third-order valence-corrected chi connectivity index (χ3v) is 2.39. The predicted molar refractivity (Wildman–Crippen MR) is 71.4 cm³/mol. The van der Waals surface area contributed by atoms with E-state index in [0.29, 0.717) is 12.3 Å². The second-order valence-electron chi connectivity index (χ2n) is 3.97. The van der Waals surface area contributed by atoms with Gasteiger partial charge in [-0.15, -0.1) is 0 Å². The lowest BCUT2D eigenvalue weighted by atomic mass is 10.2. The second kappa shape index (κ2) is 8.31. The molecule has 0 radical (unpaired) electrons. The van der Waals surface area contributed by atoms with Crippen molar-refractivity contribution in [3.05, 3.63) is 18.2 Å². The Balaban J connectivity index is 2.76.